The van der Waals surface area contributed by atoms with Crippen molar-refractivity contribution in [2.45, 2.75) is 43.9 Å². The third kappa shape index (κ3) is 3.95. The number of methoxy groups -OCH3 is 1. The van der Waals surface area contributed by atoms with Crippen LogP contribution in [-0.4, -0.2) is 33.3 Å². The molecule has 156 valence electrons. The Balaban J connectivity index is 1.39. The zero-order chi connectivity index (χ0) is 20.7. The molecular weight excluding hydrogens is 479 g/mol. The van der Waals surface area contributed by atoms with Crippen LogP contribution in [0.5, 0.6) is 5.75 Å². The number of anilines is 1. The van der Waals surface area contributed by atoms with E-state index < -0.39 is 0 Å². The van der Waals surface area contributed by atoms with Crippen LogP contribution in [-0.2, 0) is 6.54 Å². The fourth-order valence-corrected chi connectivity index (χ4v) is 6.17. The van der Waals surface area contributed by atoms with Gasteiger partial charge in [-0.25, -0.2) is 9.97 Å². The number of hydrogen-bond acceptors (Lipinski definition) is 5. The molecule has 1 aliphatic rings. The highest BCUT2D eigenvalue weighted by Gasteiger charge is 2.22. The van der Waals surface area contributed by atoms with E-state index in [0.717, 1.165) is 38.4 Å². The lowest BCUT2D eigenvalue weighted by molar-refractivity contribution is 0.412. The monoisotopic (exact) mass is 502 g/mol. The molecule has 1 saturated carbocycles. The Morgan fingerprint density at radius 1 is 1.23 bits per heavy atom. The second kappa shape index (κ2) is 8.45. The molecule has 2 unspecified atom stereocenters. The molecule has 4 aromatic rings. The van der Waals surface area contributed by atoms with E-state index in [1.807, 2.05) is 12.4 Å². The van der Waals surface area contributed by atoms with Crippen LogP contribution >= 0.6 is 36.5 Å². The molecule has 0 spiro atoms. The van der Waals surface area contributed by atoms with E-state index in [4.69, 9.17) is 9.72 Å². The lowest BCUT2D eigenvalue weighted by atomic mass is 9.95. The quantitative estimate of drug-likeness (QED) is 0.336. The summed E-state index contributed by atoms with van der Waals surface area (Å²) in [4.78, 5) is 9.36. The van der Waals surface area contributed by atoms with Crippen LogP contribution in [0, 0.1) is 0 Å². The van der Waals surface area contributed by atoms with Gasteiger partial charge in [-0.1, -0.05) is 30.2 Å². The van der Waals surface area contributed by atoms with Crippen molar-refractivity contribution in [1.82, 2.24) is 14.5 Å². The molecule has 0 amide bonds. The number of imidazole rings is 1. The molecular formula is C22H24BrN4OPS. The third-order valence-corrected chi connectivity index (χ3v) is 8.20. The Bertz CT molecular complexity index is 1210. The molecule has 5 nitrogen and oxygen atoms in total. The van der Waals surface area contributed by atoms with Crippen LogP contribution in [0.3, 0.4) is 0 Å². The van der Waals surface area contributed by atoms with Crippen LogP contribution < -0.4 is 10.1 Å². The molecule has 5 rings (SSSR count). The van der Waals surface area contributed by atoms with E-state index in [0.29, 0.717) is 11.7 Å². The average Bonchev–Trinajstić information content (AvgIpc) is 3.32. The zero-order valence-corrected chi connectivity index (χ0v) is 20.3. The molecule has 2 heterocycles. The Hall–Kier alpha value is -1.69. The van der Waals surface area contributed by atoms with E-state index in [2.05, 4.69) is 64.3 Å². The Morgan fingerprint density at radius 2 is 2.10 bits per heavy atom. The van der Waals surface area contributed by atoms with Gasteiger partial charge in [-0.3, -0.25) is 0 Å². The zero-order valence-electron chi connectivity index (χ0n) is 16.8. The van der Waals surface area contributed by atoms with Gasteiger partial charge in [0.25, 0.3) is 0 Å². The maximum absolute atomic E-state index is 5.38. The fraction of sp³-hybridized carbons (Fsp3) is 0.364. The maximum Gasteiger partial charge on any atom is 0.184 e. The maximum atomic E-state index is 5.38. The van der Waals surface area contributed by atoms with Crippen molar-refractivity contribution in [3.8, 4) is 5.75 Å². The van der Waals surface area contributed by atoms with E-state index in [1.165, 1.54) is 35.9 Å². The first-order valence-electron chi connectivity index (χ1n) is 10.2. The van der Waals surface area contributed by atoms with Crippen LogP contribution in [0.25, 0.3) is 21.3 Å². The smallest absolute Gasteiger partial charge is 0.184 e. The number of hydrogen-bond donors (Lipinski definition) is 1. The van der Waals surface area contributed by atoms with Crippen molar-refractivity contribution < 1.29 is 4.74 Å². The van der Waals surface area contributed by atoms with Crippen LogP contribution in [0.4, 0.5) is 5.13 Å². The molecule has 0 radical (unpaired) electrons. The lowest BCUT2D eigenvalue weighted by Gasteiger charge is -2.29. The van der Waals surface area contributed by atoms with E-state index in [-0.39, 0.29) is 0 Å². The van der Waals surface area contributed by atoms with Crippen molar-refractivity contribution in [3.63, 3.8) is 0 Å². The normalized spacial score (nSPS) is 19.4. The lowest BCUT2D eigenvalue weighted by Crippen LogP contribution is -2.32. The SMILES string of the molecule is COc1cc2ncn(Cc3ccc4nc(N[C@@H]5CCCCC5P)sc4c3)c2cc1Br. The second-order valence-electron chi connectivity index (χ2n) is 7.87. The largest absolute Gasteiger partial charge is 0.495 e. The van der Waals surface area contributed by atoms with Gasteiger partial charge in [0.1, 0.15) is 5.75 Å². The first-order valence-corrected chi connectivity index (χ1v) is 12.5. The molecule has 1 aliphatic carbocycles. The summed E-state index contributed by atoms with van der Waals surface area (Å²) in [5.41, 5.74) is 4.95. The van der Waals surface area contributed by atoms with Crippen molar-refractivity contribution in [2.75, 3.05) is 12.4 Å². The Kier molecular flexibility index (Phi) is 5.69. The first-order chi connectivity index (χ1) is 14.6. The molecule has 0 saturated heterocycles. The van der Waals surface area contributed by atoms with Crippen molar-refractivity contribution in [3.05, 3.63) is 46.7 Å². The molecule has 2 aromatic heterocycles. The molecule has 30 heavy (non-hydrogen) atoms. The molecule has 1 fully saturated rings. The summed E-state index contributed by atoms with van der Waals surface area (Å²) in [5, 5.41) is 4.71. The predicted octanol–water partition coefficient (Wildman–Crippen LogP) is 6.06. The minimum atomic E-state index is 0.511. The van der Waals surface area contributed by atoms with Gasteiger partial charge in [-0.2, -0.15) is 0 Å². The Morgan fingerprint density at radius 3 is 2.93 bits per heavy atom. The van der Waals surface area contributed by atoms with Gasteiger partial charge >= 0.3 is 0 Å². The standard InChI is InChI=1S/C22H24BrN4OPS/c1-28-19-10-17-18(9-14(19)23)27(12-24-17)11-13-6-7-16-21(8-13)30-22(26-16)25-15-4-2-3-5-20(15)29/h6-10,12,15,20H,2-5,11,29H2,1H3,(H,25,26)/t15-,20?/m1/s1. The number of nitrogens with one attached hydrogen (secondary N) is 1. The summed E-state index contributed by atoms with van der Waals surface area (Å²) in [7, 11) is 4.68. The fourth-order valence-electron chi connectivity index (χ4n) is 4.17. The summed E-state index contributed by atoms with van der Waals surface area (Å²) in [6, 6.07) is 11.1. The minimum absolute atomic E-state index is 0.511. The van der Waals surface area contributed by atoms with Gasteiger partial charge in [0.15, 0.2) is 5.13 Å². The number of benzene rings is 2. The highest BCUT2D eigenvalue weighted by atomic mass is 79.9. The summed E-state index contributed by atoms with van der Waals surface area (Å²) in [5.74, 6) is 0.796. The molecule has 3 atom stereocenters. The molecule has 8 heteroatoms. The highest BCUT2D eigenvalue weighted by molar-refractivity contribution is 9.10. The van der Waals surface area contributed by atoms with Gasteiger partial charge in [-0.15, -0.1) is 9.24 Å². The van der Waals surface area contributed by atoms with E-state index >= 15 is 0 Å². The number of halogens is 1. The van der Waals surface area contributed by atoms with Crippen molar-refractivity contribution >= 4 is 62.9 Å². The molecule has 1 N–H and O–H groups in total. The van der Waals surface area contributed by atoms with Crippen LogP contribution in [0.2, 0.25) is 0 Å². The average molecular weight is 503 g/mol. The second-order valence-corrected chi connectivity index (χ2v) is 10.6. The minimum Gasteiger partial charge on any atom is -0.495 e. The summed E-state index contributed by atoms with van der Waals surface area (Å²) >= 11 is 5.33. The number of rotatable bonds is 5. The van der Waals surface area contributed by atoms with Gasteiger partial charge in [0.05, 0.1) is 39.2 Å². The van der Waals surface area contributed by atoms with Gasteiger partial charge in [0.2, 0.25) is 0 Å². The highest BCUT2D eigenvalue weighted by Crippen LogP contribution is 2.33. The topological polar surface area (TPSA) is 52.0 Å². The van der Waals surface area contributed by atoms with Crippen molar-refractivity contribution in [2.24, 2.45) is 0 Å². The summed E-state index contributed by atoms with van der Waals surface area (Å²) in [6.45, 7) is 0.766. The Labute approximate surface area is 190 Å². The van der Waals surface area contributed by atoms with Gasteiger partial charge in [0, 0.05) is 18.7 Å². The first kappa shape index (κ1) is 20.2. The van der Waals surface area contributed by atoms with E-state index in [1.54, 1.807) is 18.4 Å². The number of nitrogens with zero attached hydrogens (tertiary/aromatic N) is 3. The number of fused-ring (bicyclic) bond motifs is 2. The van der Waals surface area contributed by atoms with Gasteiger partial charge < -0.3 is 14.6 Å². The van der Waals surface area contributed by atoms with Gasteiger partial charge in [-0.05, 0) is 58.2 Å². The van der Waals surface area contributed by atoms with E-state index in [9.17, 15) is 0 Å². The van der Waals surface area contributed by atoms with Crippen LogP contribution in [0.1, 0.15) is 31.2 Å². The molecule has 0 bridgehead atoms. The van der Waals surface area contributed by atoms with Crippen LogP contribution in [0.15, 0.2) is 41.1 Å². The molecule has 0 aliphatic heterocycles. The number of thiazole rings is 1. The predicted molar refractivity (Wildman–Crippen MR) is 132 cm³/mol. The number of ether oxygens (including phenoxy) is 1. The number of aromatic nitrogens is 3. The van der Waals surface area contributed by atoms with Crippen molar-refractivity contribution in [1.29, 1.82) is 0 Å². The third-order valence-electron chi connectivity index (χ3n) is 5.83. The molecule has 2 aromatic carbocycles. The summed E-state index contributed by atoms with van der Waals surface area (Å²) in [6.07, 6.45) is 7.03. The summed E-state index contributed by atoms with van der Waals surface area (Å²) < 4.78 is 9.71.